The third kappa shape index (κ3) is 2.63. The molecule has 0 fully saturated rings. The number of halogens is 1. The second-order valence-corrected chi connectivity index (χ2v) is 3.86. The first kappa shape index (κ1) is 11.3. The average Bonchev–Trinajstić information content (AvgIpc) is 2.14. The molecule has 1 N–H and O–H groups in total. The molecule has 0 amide bonds. The van der Waals surface area contributed by atoms with E-state index >= 15 is 0 Å². The molecular weight excluding hydrogens is 200 g/mol. The Morgan fingerprint density at radius 2 is 1.86 bits per heavy atom. The van der Waals surface area contributed by atoms with E-state index in [9.17, 15) is 0 Å². The molecule has 0 aliphatic rings. The molecular formula is C11H15ClO2. The standard InChI is InChI=1S/C11H15ClO2/c1-7-4-10(14-9(3)6-13)5-8(2)11(7)12/h4-5,9,13H,6H2,1-3H3. The molecule has 0 aromatic heterocycles. The van der Waals surface area contributed by atoms with Crippen molar-refractivity contribution >= 4 is 11.6 Å². The third-order valence-corrected chi connectivity index (χ3v) is 2.60. The fraction of sp³-hybridized carbons (Fsp3) is 0.455. The van der Waals surface area contributed by atoms with Crippen molar-refractivity contribution in [2.75, 3.05) is 6.61 Å². The lowest BCUT2D eigenvalue weighted by atomic mass is 10.1. The Hall–Kier alpha value is -0.730. The SMILES string of the molecule is Cc1cc(OC(C)CO)cc(C)c1Cl. The van der Waals surface area contributed by atoms with Gasteiger partial charge >= 0.3 is 0 Å². The topological polar surface area (TPSA) is 29.5 Å². The molecule has 78 valence electrons. The number of aliphatic hydroxyl groups is 1. The highest BCUT2D eigenvalue weighted by molar-refractivity contribution is 6.32. The predicted octanol–water partition coefficient (Wildman–Crippen LogP) is 2.72. The minimum atomic E-state index is -0.185. The molecule has 2 nitrogen and oxygen atoms in total. The summed E-state index contributed by atoms with van der Waals surface area (Å²) >= 11 is 6.02. The Bertz CT molecular complexity index is 300. The lowest BCUT2D eigenvalue weighted by Gasteiger charge is -2.14. The van der Waals surface area contributed by atoms with Crippen LogP contribution >= 0.6 is 11.6 Å². The number of hydrogen-bond donors (Lipinski definition) is 1. The van der Waals surface area contributed by atoms with Crippen molar-refractivity contribution in [3.8, 4) is 5.75 Å². The van der Waals surface area contributed by atoms with E-state index in [2.05, 4.69) is 0 Å². The van der Waals surface area contributed by atoms with Crippen LogP contribution in [0.15, 0.2) is 12.1 Å². The largest absolute Gasteiger partial charge is 0.488 e. The highest BCUT2D eigenvalue weighted by atomic mass is 35.5. The summed E-state index contributed by atoms with van der Waals surface area (Å²) in [6.07, 6.45) is -0.185. The molecule has 1 aromatic rings. The van der Waals surface area contributed by atoms with Gasteiger partial charge in [0.05, 0.1) is 6.61 Å². The van der Waals surface area contributed by atoms with E-state index in [-0.39, 0.29) is 12.7 Å². The smallest absolute Gasteiger partial charge is 0.120 e. The van der Waals surface area contributed by atoms with E-state index in [0.717, 1.165) is 21.9 Å². The molecule has 0 aliphatic heterocycles. The summed E-state index contributed by atoms with van der Waals surface area (Å²) in [5.41, 5.74) is 1.98. The normalized spacial score (nSPS) is 12.6. The van der Waals surface area contributed by atoms with Crippen LogP contribution in [0, 0.1) is 13.8 Å². The van der Waals surface area contributed by atoms with Gasteiger partial charge < -0.3 is 9.84 Å². The molecule has 0 spiro atoms. The van der Waals surface area contributed by atoms with Gasteiger partial charge in [0, 0.05) is 5.02 Å². The van der Waals surface area contributed by atoms with E-state index in [1.165, 1.54) is 0 Å². The summed E-state index contributed by atoms with van der Waals surface area (Å²) in [6.45, 7) is 5.71. The lowest BCUT2D eigenvalue weighted by molar-refractivity contribution is 0.129. The van der Waals surface area contributed by atoms with Crippen LogP contribution in [0.3, 0.4) is 0 Å². The van der Waals surface area contributed by atoms with Gasteiger partial charge in [-0.05, 0) is 44.0 Å². The quantitative estimate of drug-likeness (QED) is 0.839. The Balaban J connectivity index is 2.89. The Labute approximate surface area is 89.5 Å². The van der Waals surface area contributed by atoms with Gasteiger partial charge in [0.1, 0.15) is 11.9 Å². The summed E-state index contributed by atoms with van der Waals surface area (Å²) < 4.78 is 5.47. The van der Waals surface area contributed by atoms with Crippen molar-refractivity contribution in [3.63, 3.8) is 0 Å². The van der Waals surface area contributed by atoms with Crippen LogP contribution in [0.2, 0.25) is 5.02 Å². The van der Waals surface area contributed by atoms with Crippen molar-refractivity contribution in [2.45, 2.75) is 26.9 Å². The number of benzene rings is 1. The summed E-state index contributed by atoms with van der Waals surface area (Å²) in [4.78, 5) is 0. The van der Waals surface area contributed by atoms with E-state index in [1.54, 1.807) is 0 Å². The van der Waals surface area contributed by atoms with Gasteiger partial charge in [-0.15, -0.1) is 0 Å². The zero-order chi connectivity index (χ0) is 10.7. The first-order valence-corrected chi connectivity index (χ1v) is 4.96. The third-order valence-electron chi connectivity index (χ3n) is 2.00. The maximum atomic E-state index is 8.84. The Morgan fingerprint density at radius 1 is 1.36 bits per heavy atom. The molecule has 0 saturated carbocycles. The summed E-state index contributed by atoms with van der Waals surface area (Å²) in [5.74, 6) is 0.756. The fourth-order valence-corrected chi connectivity index (χ4v) is 1.35. The predicted molar refractivity (Wildman–Crippen MR) is 58.1 cm³/mol. The number of hydrogen-bond acceptors (Lipinski definition) is 2. The number of ether oxygens (including phenoxy) is 1. The Kier molecular flexibility index (Phi) is 3.78. The minimum Gasteiger partial charge on any atom is -0.488 e. The first-order valence-electron chi connectivity index (χ1n) is 4.59. The minimum absolute atomic E-state index is 0.0146. The maximum Gasteiger partial charge on any atom is 0.120 e. The van der Waals surface area contributed by atoms with Crippen molar-refractivity contribution < 1.29 is 9.84 Å². The molecule has 0 saturated heterocycles. The van der Waals surface area contributed by atoms with Crippen molar-refractivity contribution in [2.24, 2.45) is 0 Å². The van der Waals surface area contributed by atoms with Gasteiger partial charge in [-0.3, -0.25) is 0 Å². The van der Waals surface area contributed by atoms with Crippen LogP contribution < -0.4 is 4.74 Å². The zero-order valence-corrected chi connectivity index (χ0v) is 9.43. The summed E-state index contributed by atoms with van der Waals surface area (Å²) in [5, 5.41) is 9.61. The van der Waals surface area contributed by atoms with Gasteiger partial charge in [0.2, 0.25) is 0 Å². The molecule has 1 atom stereocenters. The molecule has 3 heteroatoms. The van der Waals surface area contributed by atoms with E-state index in [0.29, 0.717) is 0 Å². The molecule has 14 heavy (non-hydrogen) atoms. The van der Waals surface area contributed by atoms with Gasteiger partial charge in [0.15, 0.2) is 0 Å². The number of aryl methyl sites for hydroxylation is 2. The highest BCUT2D eigenvalue weighted by Gasteiger charge is 2.06. The molecule has 1 aromatic carbocycles. The lowest BCUT2D eigenvalue weighted by Crippen LogP contribution is -2.16. The second kappa shape index (κ2) is 4.67. The average molecular weight is 215 g/mol. The molecule has 0 bridgehead atoms. The van der Waals surface area contributed by atoms with Crippen molar-refractivity contribution in [1.29, 1.82) is 0 Å². The van der Waals surface area contributed by atoms with Crippen molar-refractivity contribution in [3.05, 3.63) is 28.3 Å². The van der Waals surface area contributed by atoms with E-state index in [4.69, 9.17) is 21.4 Å². The van der Waals surface area contributed by atoms with Gasteiger partial charge in [-0.1, -0.05) is 11.6 Å². The molecule has 0 aliphatic carbocycles. The van der Waals surface area contributed by atoms with Gasteiger partial charge in [-0.2, -0.15) is 0 Å². The molecule has 1 rings (SSSR count). The maximum absolute atomic E-state index is 8.84. The number of aliphatic hydroxyl groups excluding tert-OH is 1. The number of rotatable bonds is 3. The van der Waals surface area contributed by atoms with Crippen LogP contribution in [-0.4, -0.2) is 17.8 Å². The second-order valence-electron chi connectivity index (χ2n) is 3.48. The highest BCUT2D eigenvalue weighted by Crippen LogP contribution is 2.26. The zero-order valence-electron chi connectivity index (χ0n) is 8.67. The van der Waals surface area contributed by atoms with Gasteiger partial charge in [-0.25, -0.2) is 0 Å². The monoisotopic (exact) mass is 214 g/mol. The first-order chi connectivity index (χ1) is 6.54. The molecule has 0 heterocycles. The fourth-order valence-electron chi connectivity index (χ4n) is 1.24. The van der Waals surface area contributed by atoms with Crippen LogP contribution in [0.1, 0.15) is 18.1 Å². The van der Waals surface area contributed by atoms with Crippen molar-refractivity contribution in [1.82, 2.24) is 0 Å². The van der Waals surface area contributed by atoms with Crippen LogP contribution in [-0.2, 0) is 0 Å². The van der Waals surface area contributed by atoms with Crippen LogP contribution in [0.5, 0.6) is 5.75 Å². The summed E-state index contributed by atoms with van der Waals surface area (Å²) in [6, 6.07) is 3.75. The van der Waals surface area contributed by atoms with Gasteiger partial charge in [0.25, 0.3) is 0 Å². The Morgan fingerprint density at radius 3 is 2.29 bits per heavy atom. The molecule has 0 radical (unpaired) electrons. The van der Waals surface area contributed by atoms with E-state index < -0.39 is 0 Å². The van der Waals surface area contributed by atoms with E-state index in [1.807, 2.05) is 32.9 Å². The summed E-state index contributed by atoms with van der Waals surface area (Å²) in [7, 11) is 0. The molecule has 1 unspecified atom stereocenters. The van der Waals surface area contributed by atoms with Crippen LogP contribution in [0.25, 0.3) is 0 Å². The van der Waals surface area contributed by atoms with Crippen LogP contribution in [0.4, 0.5) is 0 Å².